The molecular formula is C21H36O2. The number of aliphatic hydroxyl groups excluding tert-OH is 2. The van der Waals surface area contributed by atoms with Crippen molar-refractivity contribution in [3.63, 3.8) is 0 Å². The Balaban J connectivity index is 1.64. The topological polar surface area (TPSA) is 40.5 Å². The van der Waals surface area contributed by atoms with Crippen LogP contribution in [0.3, 0.4) is 0 Å². The Labute approximate surface area is 142 Å². The van der Waals surface area contributed by atoms with E-state index < -0.39 is 0 Å². The van der Waals surface area contributed by atoms with E-state index in [1.807, 2.05) is 0 Å². The fourth-order valence-electron chi connectivity index (χ4n) is 8.08. The van der Waals surface area contributed by atoms with Crippen molar-refractivity contribution < 1.29 is 10.2 Å². The third-order valence-electron chi connectivity index (χ3n) is 9.42. The number of aliphatic hydroxyl groups is 2. The van der Waals surface area contributed by atoms with Crippen molar-refractivity contribution in [2.45, 2.75) is 90.8 Å². The zero-order valence-electron chi connectivity index (χ0n) is 15.3. The second-order valence-electron chi connectivity index (χ2n) is 9.89. The van der Waals surface area contributed by atoms with Crippen LogP contribution in [0.25, 0.3) is 0 Å². The Morgan fingerprint density at radius 3 is 2.43 bits per heavy atom. The van der Waals surface area contributed by atoms with E-state index in [9.17, 15) is 10.2 Å². The van der Waals surface area contributed by atoms with Gasteiger partial charge < -0.3 is 10.2 Å². The van der Waals surface area contributed by atoms with Crippen molar-refractivity contribution in [2.24, 2.45) is 40.4 Å². The minimum absolute atomic E-state index is 0.0633. The molecule has 0 aromatic carbocycles. The monoisotopic (exact) mass is 320 g/mol. The summed E-state index contributed by atoms with van der Waals surface area (Å²) in [5.74, 6) is 3.88. The van der Waals surface area contributed by atoms with Gasteiger partial charge in [-0.05, 0) is 91.8 Å². The van der Waals surface area contributed by atoms with E-state index in [4.69, 9.17) is 0 Å². The molecule has 0 spiro atoms. The Hall–Kier alpha value is -0.0800. The maximum absolute atomic E-state index is 10.9. The molecule has 0 aliphatic heterocycles. The second-order valence-corrected chi connectivity index (χ2v) is 9.89. The molecule has 9 atom stereocenters. The average molecular weight is 321 g/mol. The molecule has 0 heterocycles. The van der Waals surface area contributed by atoms with Gasteiger partial charge in [-0.15, -0.1) is 0 Å². The molecular weight excluding hydrogens is 284 g/mol. The second kappa shape index (κ2) is 5.46. The summed E-state index contributed by atoms with van der Waals surface area (Å²) in [7, 11) is 0. The van der Waals surface area contributed by atoms with E-state index in [1.54, 1.807) is 0 Å². The van der Waals surface area contributed by atoms with Gasteiger partial charge in [0.2, 0.25) is 0 Å². The van der Waals surface area contributed by atoms with E-state index in [0.29, 0.717) is 23.7 Å². The summed E-state index contributed by atoms with van der Waals surface area (Å²) in [5.41, 5.74) is 0.631. The summed E-state index contributed by atoms with van der Waals surface area (Å²) in [5, 5.41) is 21.0. The first-order chi connectivity index (χ1) is 10.9. The van der Waals surface area contributed by atoms with Crippen molar-refractivity contribution in [2.75, 3.05) is 0 Å². The fourth-order valence-corrected chi connectivity index (χ4v) is 8.08. The molecule has 2 N–H and O–H groups in total. The Morgan fingerprint density at radius 2 is 1.70 bits per heavy atom. The largest absolute Gasteiger partial charge is 0.393 e. The molecule has 132 valence electrons. The van der Waals surface area contributed by atoms with Gasteiger partial charge in [0, 0.05) is 0 Å². The molecule has 0 aromatic heterocycles. The Morgan fingerprint density at radius 1 is 0.913 bits per heavy atom. The standard InChI is InChI=1S/C21H36O2/c1-4-13-6-8-17-16-7-5-14-11-15(22)12-19(23)21(14,3)18(16)9-10-20(13,17)2/h13-19,22-23H,4-12H2,1-3H3/t13?,14-,15+,16-,17-,18-,19+,20+,21-/m0/s1. The molecule has 4 rings (SSSR count). The van der Waals surface area contributed by atoms with E-state index in [0.717, 1.165) is 24.2 Å². The molecule has 4 aliphatic rings. The number of fused-ring (bicyclic) bond motifs is 5. The van der Waals surface area contributed by atoms with Crippen LogP contribution in [-0.4, -0.2) is 22.4 Å². The summed E-state index contributed by atoms with van der Waals surface area (Å²) >= 11 is 0. The van der Waals surface area contributed by atoms with Gasteiger partial charge in [-0.3, -0.25) is 0 Å². The molecule has 2 heteroatoms. The highest BCUT2D eigenvalue weighted by Crippen LogP contribution is 2.67. The van der Waals surface area contributed by atoms with E-state index in [1.165, 1.54) is 44.9 Å². The lowest BCUT2D eigenvalue weighted by molar-refractivity contribution is -0.180. The summed E-state index contributed by atoms with van der Waals surface area (Å²) in [6.07, 6.45) is 10.4. The minimum atomic E-state index is -0.295. The van der Waals surface area contributed by atoms with Gasteiger partial charge in [0.15, 0.2) is 0 Å². The van der Waals surface area contributed by atoms with Gasteiger partial charge >= 0.3 is 0 Å². The molecule has 4 saturated carbocycles. The lowest BCUT2D eigenvalue weighted by Gasteiger charge is -2.62. The Bertz CT molecular complexity index is 463. The van der Waals surface area contributed by atoms with Gasteiger partial charge in [-0.25, -0.2) is 0 Å². The highest BCUT2D eigenvalue weighted by molar-refractivity contribution is 5.11. The van der Waals surface area contributed by atoms with Crippen molar-refractivity contribution in [3.05, 3.63) is 0 Å². The van der Waals surface area contributed by atoms with Crippen molar-refractivity contribution in [1.82, 2.24) is 0 Å². The third kappa shape index (κ3) is 2.13. The summed E-state index contributed by atoms with van der Waals surface area (Å²) < 4.78 is 0. The van der Waals surface area contributed by atoms with Gasteiger partial charge in [-0.2, -0.15) is 0 Å². The maximum atomic E-state index is 10.9. The van der Waals surface area contributed by atoms with Crippen LogP contribution in [0.15, 0.2) is 0 Å². The molecule has 23 heavy (non-hydrogen) atoms. The lowest BCUT2D eigenvalue weighted by Crippen LogP contribution is -2.59. The summed E-state index contributed by atoms with van der Waals surface area (Å²) in [6.45, 7) is 7.35. The van der Waals surface area contributed by atoms with E-state index in [2.05, 4.69) is 20.8 Å². The van der Waals surface area contributed by atoms with Crippen LogP contribution in [0.2, 0.25) is 0 Å². The zero-order chi connectivity index (χ0) is 16.4. The molecule has 1 unspecified atom stereocenters. The molecule has 0 bridgehead atoms. The summed E-state index contributed by atoms with van der Waals surface area (Å²) in [4.78, 5) is 0. The van der Waals surface area contributed by atoms with Crippen LogP contribution in [0.4, 0.5) is 0 Å². The van der Waals surface area contributed by atoms with Crippen LogP contribution in [0.5, 0.6) is 0 Å². The normalized spacial score (nSPS) is 59.1. The minimum Gasteiger partial charge on any atom is -0.393 e. The Kier molecular flexibility index (Phi) is 3.89. The van der Waals surface area contributed by atoms with Crippen molar-refractivity contribution in [3.8, 4) is 0 Å². The average Bonchev–Trinajstić information content (AvgIpc) is 2.85. The SMILES string of the molecule is CCC1CC[C@H]2[C@@H]3CC[C@H]4C[C@@H](O)C[C@@H](O)[C@]4(C)[C@H]3CC[C@]12C. The van der Waals surface area contributed by atoms with E-state index >= 15 is 0 Å². The quantitative estimate of drug-likeness (QED) is 0.752. The van der Waals surface area contributed by atoms with Crippen LogP contribution in [-0.2, 0) is 0 Å². The van der Waals surface area contributed by atoms with Crippen LogP contribution in [0, 0.1) is 40.4 Å². The predicted molar refractivity (Wildman–Crippen MR) is 92.9 cm³/mol. The highest BCUT2D eigenvalue weighted by atomic mass is 16.3. The predicted octanol–water partition coefficient (Wildman–Crippen LogP) is 4.39. The van der Waals surface area contributed by atoms with Gasteiger partial charge in [-0.1, -0.05) is 27.2 Å². The smallest absolute Gasteiger partial charge is 0.0623 e. The van der Waals surface area contributed by atoms with Gasteiger partial charge in [0.05, 0.1) is 12.2 Å². The first-order valence-electron chi connectivity index (χ1n) is 10.3. The number of hydrogen-bond acceptors (Lipinski definition) is 2. The molecule has 0 radical (unpaired) electrons. The van der Waals surface area contributed by atoms with Crippen molar-refractivity contribution >= 4 is 0 Å². The number of rotatable bonds is 1. The van der Waals surface area contributed by atoms with Crippen LogP contribution in [0.1, 0.15) is 78.6 Å². The van der Waals surface area contributed by atoms with E-state index in [-0.39, 0.29) is 17.6 Å². The molecule has 0 aromatic rings. The first-order valence-corrected chi connectivity index (χ1v) is 10.3. The summed E-state index contributed by atoms with van der Waals surface area (Å²) in [6, 6.07) is 0. The third-order valence-corrected chi connectivity index (χ3v) is 9.42. The van der Waals surface area contributed by atoms with Crippen molar-refractivity contribution in [1.29, 1.82) is 0 Å². The first kappa shape index (κ1) is 16.4. The van der Waals surface area contributed by atoms with Crippen LogP contribution >= 0.6 is 0 Å². The number of hydrogen-bond donors (Lipinski definition) is 2. The lowest BCUT2D eigenvalue weighted by atomic mass is 9.44. The molecule has 2 nitrogen and oxygen atoms in total. The zero-order valence-corrected chi connectivity index (χ0v) is 15.3. The van der Waals surface area contributed by atoms with Gasteiger partial charge in [0.1, 0.15) is 0 Å². The molecule has 4 fully saturated rings. The van der Waals surface area contributed by atoms with Gasteiger partial charge in [0.25, 0.3) is 0 Å². The molecule has 0 amide bonds. The highest BCUT2D eigenvalue weighted by Gasteiger charge is 2.61. The molecule has 0 saturated heterocycles. The molecule has 4 aliphatic carbocycles. The fraction of sp³-hybridized carbons (Fsp3) is 1.00. The maximum Gasteiger partial charge on any atom is 0.0623 e. The van der Waals surface area contributed by atoms with Crippen LogP contribution < -0.4 is 0 Å².